The van der Waals surface area contributed by atoms with E-state index < -0.39 is 11.9 Å². The maximum Gasteiger partial charge on any atom is 0.240 e. The van der Waals surface area contributed by atoms with Crippen molar-refractivity contribution in [3.8, 4) is 11.4 Å². The van der Waals surface area contributed by atoms with E-state index in [-0.39, 0.29) is 5.92 Å². The molecule has 2 aromatic rings. The van der Waals surface area contributed by atoms with Gasteiger partial charge in [-0.25, -0.2) is 9.97 Å². The van der Waals surface area contributed by atoms with Gasteiger partial charge >= 0.3 is 0 Å². The number of amides is 1. The molecule has 0 radical (unpaired) electrons. The highest BCUT2D eigenvalue weighted by atomic mass is 16.1. The Kier molecular flexibility index (Phi) is 5.04. The molecule has 0 fully saturated rings. The van der Waals surface area contributed by atoms with E-state index in [2.05, 4.69) is 20.3 Å². The molecule has 0 spiro atoms. The molecule has 0 aliphatic carbocycles. The lowest BCUT2D eigenvalue weighted by Gasteiger charge is -2.20. The first-order chi connectivity index (χ1) is 10.5. The molecular formula is C16H21N5O. The number of anilines is 1. The molecular weight excluding hydrogens is 278 g/mol. The molecule has 1 atom stereocenters. The summed E-state index contributed by atoms with van der Waals surface area (Å²) in [6.45, 7) is 5.90. The summed E-state index contributed by atoms with van der Waals surface area (Å²) < 4.78 is 0. The number of nitrogens with zero attached hydrogens (tertiary/aromatic N) is 3. The van der Waals surface area contributed by atoms with Gasteiger partial charge in [0.05, 0.1) is 0 Å². The van der Waals surface area contributed by atoms with E-state index >= 15 is 0 Å². The molecule has 0 aliphatic heterocycles. The van der Waals surface area contributed by atoms with E-state index in [1.807, 2.05) is 39.0 Å². The van der Waals surface area contributed by atoms with Gasteiger partial charge < -0.3 is 11.1 Å². The van der Waals surface area contributed by atoms with Crippen LogP contribution in [-0.2, 0) is 11.2 Å². The fourth-order valence-corrected chi connectivity index (χ4v) is 2.11. The Morgan fingerprint density at radius 3 is 2.50 bits per heavy atom. The second-order valence-electron chi connectivity index (χ2n) is 5.43. The lowest BCUT2D eigenvalue weighted by atomic mass is 10.0. The van der Waals surface area contributed by atoms with Crippen LogP contribution < -0.4 is 11.1 Å². The van der Waals surface area contributed by atoms with Gasteiger partial charge in [-0.3, -0.25) is 9.78 Å². The molecule has 2 heterocycles. The molecule has 0 saturated heterocycles. The maximum atomic E-state index is 11.6. The smallest absolute Gasteiger partial charge is 0.240 e. The zero-order chi connectivity index (χ0) is 16.1. The summed E-state index contributed by atoms with van der Waals surface area (Å²) in [6, 6.07) is 5.09. The van der Waals surface area contributed by atoms with Gasteiger partial charge in [-0.1, -0.05) is 20.8 Å². The molecule has 2 rings (SSSR count). The number of hydrogen-bond donors (Lipinski definition) is 2. The zero-order valence-electron chi connectivity index (χ0n) is 13.1. The highest BCUT2D eigenvalue weighted by Gasteiger charge is 2.20. The topological polar surface area (TPSA) is 93.8 Å². The fraction of sp³-hybridized carbons (Fsp3) is 0.375. The van der Waals surface area contributed by atoms with Crippen molar-refractivity contribution >= 4 is 11.7 Å². The average Bonchev–Trinajstić information content (AvgIpc) is 2.52. The van der Waals surface area contributed by atoms with Gasteiger partial charge in [0.15, 0.2) is 5.82 Å². The van der Waals surface area contributed by atoms with Crippen molar-refractivity contribution in [2.75, 3.05) is 5.32 Å². The predicted octanol–water partition coefficient (Wildman–Crippen LogP) is 2.02. The fourth-order valence-electron chi connectivity index (χ4n) is 2.11. The molecule has 0 aromatic carbocycles. The Morgan fingerprint density at radius 1 is 1.27 bits per heavy atom. The summed E-state index contributed by atoms with van der Waals surface area (Å²) >= 11 is 0. The minimum Gasteiger partial charge on any atom is -0.368 e. The SMILES string of the molecule is CCc1cc(N[C@H](C(N)=O)C(C)C)nc(-c2ccncc2)n1. The predicted molar refractivity (Wildman–Crippen MR) is 86.1 cm³/mol. The summed E-state index contributed by atoms with van der Waals surface area (Å²) in [6.07, 6.45) is 4.17. The minimum absolute atomic E-state index is 0.0712. The number of carbonyl (C=O) groups excluding carboxylic acids is 1. The molecule has 22 heavy (non-hydrogen) atoms. The summed E-state index contributed by atoms with van der Waals surface area (Å²) in [5.41, 5.74) is 7.23. The molecule has 0 unspecified atom stereocenters. The van der Waals surface area contributed by atoms with Gasteiger partial charge in [-0.05, 0) is 24.5 Å². The second kappa shape index (κ2) is 6.98. The maximum absolute atomic E-state index is 11.6. The highest BCUT2D eigenvalue weighted by molar-refractivity contribution is 5.83. The summed E-state index contributed by atoms with van der Waals surface area (Å²) in [5, 5.41) is 3.12. The van der Waals surface area contributed by atoms with Crippen molar-refractivity contribution in [1.82, 2.24) is 15.0 Å². The van der Waals surface area contributed by atoms with Crippen molar-refractivity contribution in [2.45, 2.75) is 33.2 Å². The normalized spacial score (nSPS) is 12.2. The van der Waals surface area contributed by atoms with Gasteiger partial charge in [0.25, 0.3) is 0 Å². The number of carbonyl (C=O) groups is 1. The van der Waals surface area contributed by atoms with Crippen LogP contribution in [0.5, 0.6) is 0 Å². The van der Waals surface area contributed by atoms with E-state index in [0.29, 0.717) is 11.6 Å². The van der Waals surface area contributed by atoms with Gasteiger partial charge in [0.2, 0.25) is 5.91 Å². The first-order valence-corrected chi connectivity index (χ1v) is 7.35. The third-order valence-electron chi connectivity index (χ3n) is 3.36. The summed E-state index contributed by atoms with van der Waals surface area (Å²) in [5.74, 6) is 0.895. The number of aromatic nitrogens is 3. The molecule has 116 valence electrons. The standard InChI is InChI=1S/C16H21N5O/c1-4-12-9-13(20-14(10(2)3)15(17)22)21-16(19-12)11-5-7-18-8-6-11/h5-10,14H,4H2,1-3H3,(H2,17,22)(H,19,20,21)/t14-/m0/s1. The monoisotopic (exact) mass is 299 g/mol. The summed E-state index contributed by atoms with van der Waals surface area (Å²) in [4.78, 5) is 24.6. The van der Waals surface area contributed by atoms with Crippen molar-refractivity contribution in [2.24, 2.45) is 11.7 Å². The van der Waals surface area contributed by atoms with Crippen molar-refractivity contribution < 1.29 is 4.79 Å². The van der Waals surface area contributed by atoms with E-state index in [1.165, 1.54) is 0 Å². The van der Waals surface area contributed by atoms with Crippen molar-refractivity contribution in [1.29, 1.82) is 0 Å². The molecule has 6 nitrogen and oxygen atoms in total. The Morgan fingerprint density at radius 2 is 1.95 bits per heavy atom. The molecule has 6 heteroatoms. The van der Waals surface area contributed by atoms with Crippen LogP contribution in [0.3, 0.4) is 0 Å². The average molecular weight is 299 g/mol. The third-order valence-corrected chi connectivity index (χ3v) is 3.36. The number of nitrogens with one attached hydrogen (secondary N) is 1. The zero-order valence-corrected chi connectivity index (χ0v) is 13.1. The van der Waals surface area contributed by atoms with Crippen LogP contribution in [-0.4, -0.2) is 26.9 Å². The van der Waals surface area contributed by atoms with Gasteiger partial charge in [-0.15, -0.1) is 0 Å². The third kappa shape index (κ3) is 3.78. The quantitative estimate of drug-likeness (QED) is 0.851. The van der Waals surface area contributed by atoms with Crippen LogP contribution in [0.1, 0.15) is 26.5 Å². The Bertz CT molecular complexity index is 642. The van der Waals surface area contributed by atoms with Crippen LogP contribution in [0.15, 0.2) is 30.6 Å². The van der Waals surface area contributed by atoms with E-state index in [4.69, 9.17) is 5.73 Å². The van der Waals surface area contributed by atoms with E-state index in [1.54, 1.807) is 12.4 Å². The molecule has 0 saturated carbocycles. The lowest BCUT2D eigenvalue weighted by molar-refractivity contribution is -0.119. The minimum atomic E-state index is -0.468. The second-order valence-corrected chi connectivity index (χ2v) is 5.43. The van der Waals surface area contributed by atoms with Gasteiger partial charge in [0, 0.05) is 29.7 Å². The number of pyridine rings is 1. The Labute approximate surface area is 130 Å². The summed E-state index contributed by atoms with van der Waals surface area (Å²) in [7, 11) is 0. The molecule has 0 bridgehead atoms. The van der Waals surface area contributed by atoms with Crippen LogP contribution in [0.25, 0.3) is 11.4 Å². The molecule has 2 aromatic heterocycles. The van der Waals surface area contributed by atoms with Crippen LogP contribution in [0.4, 0.5) is 5.82 Å². The van der Waals surface area contributed by atoms with Crippen LogP contribution in [0.2, 0.25) is 0 Å². The molecule has 0 aliphatic rings. The van der Waals surface area contributed by atoms with Gasteiger partial charge in [0.1, 0.15) is 11.9 Å². The number of nitrogens with two attached hydrogens (primary N) is 1. The number of aryl methyl sites for hydroxylation is 1. The van der Waals surface area contributed by atoms with E-state index in [9.17, 15) is 4.79 Å². The first kappa shape index (κ1) is 15.9. The largest absolute Gasteiger partial charge is 0.368 e. The van der Waals surface area contributed by atoms with Crippen molar-refractivity contribution in [3.63, 3.8) is 0 Å². The van der Waals surface area contributed by atoms with Crippen LogP contribution in [0, 0.1) is 5.92 Å². The van der Waals surface area contributed by atoms with Crippen LogP contribution >= 0.6 is 0 Å². The molecule has 3 N–H and O–H groups in total. The Balaban J connectivity index is 2.38. The number of hydrogen-bond acceptors (Lipinski definition) is 5. The van der Waals surface area contributed by atoms with Crippen molar-refractivity contribution in [3.05, 3.63) is 36.3 Å². The van der Waals surface area contributed by atoms with Gasteiger partial charge in [-0.2, -0.15) is 0 Å². The lowest BCUT2D eigenvalue weighted by Crippen LogP contribution is -2.39. The molecule has 1 amide bonds. The number of primary amides is 1. The first-order valence-electron chi connectivity index (χ1n) is 7.35. The van der Waals surface area contributed by atoms with E-state index in [0.717, 1.165) is 17.7 Å². The Hall–Kier alpha value is -2.50. The highest BCUT2D eigenvalue weighted by Crippen LogP contribution is 2.19. The number of rotatable bonds is 6.